The Labute approximate surface area is 97.5 Å². The van der Waals surface area contributed by atoms with Crippen LogP contribution in [0.4, 0.5) is 0 Å². The molecule has 0 saturated heterocycles. The van der Waals surface area contributed by atoms with Crippen LogP contribution in [0.1, 0.15) is 32.2 Å². The second kappa shape index (κ2) is 4.97. The molecule has 1 rings (SSSR count). The maximum Gasteiger partial charge on any atom is 0.0596 e. The number of nitrogens with zero attached hydrogens (tertiary/aromatic N) is 2. The Balaban J connectivity index is 2.93. The van der Waals surface area contributed by atoms with E-state index < -0.39 is 6.10 Å². The van der Waals surface area contributed by atoms with Crippen LogP contribution in [0.15, 0.2) is 6.07 Å². The van der Waals surface area contributed by atoms with Crippen LogP contribution in [0, 0.1) is 12.3 Å². The van der Waals surface area contributed by atoms with E-state index in [0.717, 1.165) is 24.4 Å². The van der Waals surface area contributed by atoms with Crippen LogP contribution in [0.5, 0.6) is 0 Å². The van der Waals surface area contributed by atoms with E-state index in [1.54, 1.807) is 6.92 Å². The van der Waals surface area contributed by atoms with Gasteiger partial charge in [0.05, 0.1) is 11.8 Å². The van der Waals surface area contributed by atoms with Gasteiger partial charge in [-0.25, -0.2) is 0 Å². The lowest BCUT2D eigenvalue weighted by Crippen LogP contribution is -2.40. The first-order valence-corrected chi connectivity index (χ1v) is 5.84. The second-order valence-corrected chi connectivity index (χ2v) is 4.80. The van der Waals surface area contributed by atoms with E-state index in [0.29, 0.717) is 6.54 Å². The van der Waals surface area contributed by atoms with Gasteiger partial charge >= 0.3 is 0 Å². The highest BCUT2D eigenvalue weighted by molar-refractivity contribution is 5.11. The Morgan fingerprint density at radius 1 is 1.62 bits per heavy atom. The monoisotopic (exact) mass is 225 g/mol. The van der Waals surface area contributed by atoms with Gasteiger partial charge < -0.3 is 10.8 Å². The minimum Gasteiger partial charge on any atom is -0.393 e. The van der Waals surface area contributed by atoms with Gasteiger partial charge in [0.15, 0.2) is 0 Å². The van der Waals surface area contributed by atoms with Crippen molar-refractivity contribution in [3.63, 3.8) is 0 Å². The normalized spacial score (nSPS) is 17.1. The summed E-state index contributed by atoms with van der Waals surface area (Å²) in [6, 6.07) is 2.07. The first-order valence-electron chi connectivity index (χ1n) is 5.84. The van der Waals surface area contributed by atoms with E-state index in [9.17, 15) is 5.11 Å². The molecule has 3 N–H and O–H groups in total. The molecule has 0 fully saturated rings. The molecule has 1 aromatic heterocycles. The van der Waals surface area contributed by atoms with Crippen LogP contribution < -0.4 is 5.73 Å². The first-order chi connectivity index (χ1) is 7.42. The highest BCUT2D eigenvalue weighted by atomic mass is 16.3. The highest BCUT2D eigenvalue weighted by Gasteiger charge is 2.30. The largest absolute Gasteiger partial charge is 0.393 e. The van der Waals surface area contributed by atoms with Gasteiger partial charge in [-0.1, -0.05) is 6.92 Å². The van der Waals surface area contributed by atoms with Crippen LogP contribution in [0.25, 0.3) is 0 Å². The fourth-order valence-corrected chi connectivity index (χ4v) is 1.82. The van der Waals surface area contributed by atoms with Gasteiger partial charge in [-0.15, -0.1) is 0 Å². The number of aliphatic hydroxyl groups excluding tert-OH is 1. The van der Waals surface area contributed by atoms with Gasteiger partial charge in [0.25, 0.3) is 0 Å². The quantitative estimate of drug-likeness (QED) is 0.788. The zero-order valence-electron chi connectivity index (χ0n) is 10.7. The van der Waals surface area contributed by atoms with E-state index in [4.69, 9.17) is 5.73 Å². The minimum absolute atomic E-state index is 0.278. The summed E-state index contributed by atoms with van der Waals surface area (Å²) in [5.74, 6) is 0. The Morgan fingerprint density at radius 3 is 2.69 bits per heavy atom. The van der Waals surface area contributed by atoms with E-state index >= 15 is 0 Å². The van der Waals surface area contributed by atoms with Gasteiger partial charge in [0.1, 0.15) is 0 Å². The molecule has 0 aliphatic rings. The molecule has 4 nitrogen and oxygen atoms in total. The van der Waals surface area contributed by atoms with Crippen molar-refractivity contribution in [3.05, 3.63) is 17.5 Å². The second-order valence-electron chi connectivity index (χ2n) is 4.80. The van der Waals surface area contributed by atoms with E-state index in [-0.39, 0.29) is 5.41 Å². The third-order valence-electron chi connectivity index (χ3n) is 3.34. The van der Waals surface area contributed by atoms with Crippen LogP contribution in [0.3, 0.4) is 0 Å². The minimum atomic E-state index is -0.419. The zero-order valence-corrected chi connectivity index (χ0v) is 10.7. The lowest BCUT2D eigenvalue weighted by molar-refractivity contribution is 0.0573. The Bertz CT molecular complexity index is 346. The predicted octanol–water partition coefficient (Wildman–Crippen LogP) is 1.10. The van der Waals surface area contributed by atoms with Crippen LogP contribution >= 0.6 is 0 Å². The molecule has 0 saturated carbocycles. The van der Waals surface area contributed by atoms with Crippen molar-refractivity contribution in [1.29, 1.82) is 0 Å². The molecule has 0 aliphatic carbocycles. The fraction of sp³-hybridized carbons (Fsp3) is 0.750. The van der Waals surface area contributed by atoms with E-state index in [2.05, 4.69) is 18.1 Å². The average molecular weight is 225 g/mol. The molecule has 16 heavy (non-hydrogen) atoms. The molecular weight excluding hydrogens is 202 g/mol. The SMILES string of the molecule is CCn1nc(C)cc1CC(C)(CN)C(C)O. The lowest BCUT2D eigenvalue weighted by atomic mass is 9.80. The molecule has 4 heteroatoms. The number of nitrogens with two attached hydrogens (primary N) is 1. The highest BCUT2D eigenvalue weighted by Crippen LogP contribution is 2.26. The molecule has 0 radical (unpaired) electrons. The molecular formula is C12H23N3O. The van der Waals surface area contributed by atoms with Crippen LogP contribution in [-0.4, -0.2) is 27.5 Å². The van der Waals surface area contributed by atoms with Crippen molar-refractivity contribution in [1.82, 2.24) is 9.78 Å². The summed E-state index contributed by atoms with van der Waals surface area (Å²) in [7, 11) is 0. The summed E-state index contributed by atoms with van der Waals surface area (Å²) in [5.41, 5.74) is 7.65. The summed E-state index contributed by atoms with van der Waals surface area (Å²) in [6.45, 7) is 9.19. The maximum absolute atomic E-state index is 9.79. The number of hydrogen-bond acceptors (Lipinski definition) is 3. The number of hydrogen-bond donors (Lipinski definition) is 2. The molecule has 2 atom stereocenters. The van der Waals surface area contributed by atoms with Crippen LogP contribution in [0.2, 0.25) is 0 Å². The molecule has 0 spiro atoms. The smallest absolute Gasteiger partial charge is 0.0596 e. The predicted molar refractivity (Wildman–Crippen MR) is 65.2 cm³/mol. The first kappa shape index (κ1) is 13.2. The Hall–Kier alpha value is -0.870. The summed E-state index contributed by atoms with van der Waals surface area (Å²) in [4.78, 5) is 0. The number of aryl methyl sites for hydroxylation is 2. The summed E-state index contributed by atoms with van der Waals surface area (Å²) < 4.78 is 1.98. The maximum atomic E-state index is 9.79. The van der Waals surface area contributed by atoms with Crippen molar-refractivity contribution in [2.75, 3.05) is 6.54 Å². The summed E-state index contributed by atoms with van der Waals surface area (Å²) in [5, 5.41) is 14.2. The fourth-order valence-electron chi connectivity index (χ4n) is 1.82. The standard InChI is InChI=1S/C12H23N3O/c1-5-15-11(6-9(2)14-15)7-12(4,8-13)10(3)16/h6,10,16H,5,7-8,13H2,1-4H3. The van der Waals surface area contributed by atoms with Crippen molar-refractivity contribution >= 4 is 0 Å². The Morgan fingerprint density at radius 2 is 2.25 bits per heavy atom. The topological polar surface area (TPSA) is 64.1 Å². The van der Waals surface area contributed by atoms with Crippen molar-refractivity contribution in [3.8, 4) is 0 Å². The van der Waals surface area contributed by atoms with E-state index in [1.807, 2.05) is 18.5 Å². The van der Waals surface area contributed by atoms with Gasteiger partial charge in [0.2, 0.25) is 0 Å². The van der Waals surface area contributed by atoms with Gasteiger partial charge in [-0.05, 0) is 33.3 Å². The summed E-state index contributed by atoms with van der Waals surface area (Å²) in [6.07, 6.45) is 0.341. The molecule has 0 aromatic carbocycles. The third-order valence-corrected chi connectivity index (χ3v) is 3.34. The van der Waals surface area contributed by atoms with E-state index in [1.165, 1.54) is 0 Å². The third kappa shape index (κ3) is 2.62. The lowest BCUT2D eigenvalue weighted by Gasteiger charge is -2.31. The van der Waals surface area contributed by atoms with Gasteiger partial charge in [-0.3, -0.25) is 4.68 Å². The van der Waals surface area contributed by atoms with Crippen molar-refractivity contribution in [2.24, 2.45) is 11.1 Å². The number of aliphatic hydroxyl groups is 1. The van der Waals surface area contributed by atoms with Gasteiger partial charge in [-0.2, -0.15) is 5.10 Å². The molecule has 92 valence electrons. The molecule has 2 unspecified atom stereocenters. The average Bonchev–Trinajstić information content (AvgIpc) is 2.58. The molecule has 0 bridgehead atoms. The zero-order chi connectivity index (χ0) is 12.3. The van der Waals surface area contributed by atoms with Crippen LogP contribution in [-0.2, 0) is 13.0 Å². The molecule has 0 amide bonds. The molecule has 1 aromatic rings. The number of rotatable bonds is 5. The van der Waals surface area contributed by atoms with Gasteiger partial charge in [0, 0.05) is 24.2 Å². The Kier molecular flexibility index (Phi) is 4.10. The van der Waals surface area contributed by atoms with Crippen molar-refractivity contribution < 1.29 is 5.11 Å². The number of aromatic nitrogens is 2. The van der Waals surface area contributed by atoms with Crippen molar-refractivity contribution in [2.45, 2.75) is 46.8 Å². The molecule has 0 aliphatic heterocycles. The summed E-state index contributed by atoms with van der Waals surface area (Å²) >= 11 is 0. The molecule has 1 heterocycles.